The second kappa shape index (κ2) is 5.17. The lowest BCUT2D eigenvalue weighted by Gasteiger charge is -2.23. The lowest BCUT2D eigenvalue weighted by atomic mass is 10.0. The van der Waals surface area contributed by atoms with E-state index in [4.69, 9.17) is 5.73 Å². The minimum absolute atomic E-state index is 0.352. The molecule has 0 aliphatic heterocycles. The minimum atomic E-state index is 0.352. The molecule has 1 atom stereocenters. The molecule has 1 aromatic carbocycles. The topological polar surface area (TPSA) is 38.0 Å². The molecule has 1 aromatic rings. The summed E-state index contributed by atoms with van der Waals surface area (Å²) in [5.41, 5.74) is 9.59. The predicted molar refractivity (Wildman–Crippen MR) is 67.2 cm³/mol. The Kier molecular flexibility index (Phi) is 4.15. The number of nitrogens with one attached hydrogen (secondary N) is 1. The van der Waals surface area contributed by atoms with Crippen LogP contribution in [0, 0.1) is 19.8 Å². The zero-order valence-corrected chi connectivity index (χ0v) is 10.2. The maximum absolute atomic E-state index is 5.75. The van der Waals surface area contributed by atoms with E-state index in [2.05, 4.69) is 51.2 Å². The van der Waals surface area contributed by atoms with Crippen LogP contribution < -0.4 is 11.1 Å². The van der Waals surface area contributed by atoms with Gasteiger partial charge in [0.15, 0.2) is 0 Å². The molecule has 1 rings (SSSR count). The Morgan fingerprint density at radius 3 is 2.47 bits per heavy atom. The number of nitrogens with two attached hydrogens (primary N) is 1. The van der Waals surface area contributed by atoms with Crippen LogP contribution in [0.5, 0.6) is 0 Å². The Morgan fingerprint density at radius 1 is 1.27 bits per heavy atom. The highest BCUT2D eigenvalue weighted by Gasteiger charge is 2.12. The van der Waals surface area contributed by atoms with Gasteiger partial charge in [0, 0.05) is 18.3 Å². The maximum Gasteiger partial charge on any atom is 0.0406 e. The molecule has 0 heterocycles. The van der Waals surface area contributed by atoms with Gasteiger partial charge in [-0.3, -0.25) is 0 Å². The van der Waals surface area contributed by atoms with Crippen molar-refractivity contribution in [2.75, 3.05) is 11.9 Å². The zero-order valence-electron chi connectivity index (χ0n) is 10.2. The smallest absolute Gasteiger partial charge is 0.0406 e. The van der Waals surface area contributed by atoms with Crippen LogP contribution in [0.4, 0.5) is 5.69 Å². The lowest BCUT2D eigenvalue weighted by molar-refractivity contribution is 0.531. The van der Waals surface area contributed by atoms with Crippen LogP contribution in [0.1, 0.15) is 25.0 Å². The van der Waals surface area contributed by atoms with Crippen LogP contribution in [0.15, 0.2) is 18.2 Å². The number of hydrogen-bond donors (Lipinski definition) is 2. The summed E-state index contributed by atoms with van der Waals surface area (Å²) in [5, 5.41) is 3.51. The average Bonchev–Trinajstić information content (AvgIpc) is 2.19. The first-order valence-electron chi connectivity index (χ1n) is 5.59. The van der Waals surface area contributed by atoms with E-state index in [1.54, 1.807) is 0 Å². The van der Waals surface area contributed by atoms with E-state index in [9.17, 15) is 0 Å². The Hall–Kier alpha value is -1.02. The third-order valence-electron chi connectivity index (χ3n) is 3.00. The first-order valence-corrected chi connectivity index (χ1v) is 5.59. The highest BCUT2D eigenvalue weighted by Crippen LogP contribution is 2.20. The van der Waals surface area contributed by atoms with Crippen molar-refractivity contribution in [2.24, 2.45) is 11.7 Å². The molecule has 2 heteroatoms. The molecule has 0 aliphatic rings. The quantitative estimate of drug-likeness (QED) is 0.795. The standard InChI is InChI=1S/C13H22N2/c1-9(2)13(8-14)15-12-7-5-6-10(3)11(12)4/h5-7,9,13,15H,8,14H2,1-4H3. The SMILES string of the molecule is Cc1cccc(NC(CN)C(C)C)c1C. The molecule has 0 aromatic heterocycles. The summed E-state index contributed by atoms with van der Waals surface area (Å²) in [7, 11) is 0. The molecule has 3 N–H and O–H groups in total. The summed E-state index contributed by atoms with van der Waals surface area (Å²) in [6.07, 6.45) is 0. The molecule has 2 nitrogen and oxygen atoms in total. The first kappa shape index (κ1) is 12.1. The lowest BCUT2D eigenvalue weighted by Crippen LogP contribution is -2.33. The summed E-state index contributed by atoms with van der Waals surface area (Å²) in [6, 6.07) is 6.68. The van der Waals surface area contributed by atoms with E-state index in [-0.39, 0.29) is 0 Å². The molecule has 1 unspecified atom stereocenters. The Bertz CT molecular complexity index is 318. The van der Waals surface area contributed by atoms with Crippen molar-refractivity contribution < 1.29 is 0 Å². The highest BCUT2D eigenvalue weighted by molar-refractivity contribution is 5.54. The summed E-state index contributed by atoms with van der Waals surface area (Å²) in [6.45, 7) is 9.33. The van der Waals surface area contributed by atoms with Gasteiger partial charge in [-0.05, 0) is 37.0 Å². The van der Waals surface area contributed by atoms with E-state index in [0.29, 0.717) is 18.5 Å². The van der Waals surface area contributed by atoms with Crippen LogP contribution >= 0.6 is 0 Å². The Labute approximate surface area is 92.9 Å². The second-order valence-electron chi connectivity index (χ2n) is 4.48. The molecular formula is C13H22N2. The van der Waals surface area contributed by atoms with Gasteiger partial charge in [-0.25, -0.2) is 0 Å². The Morgan fingerprint density at radius 2 is 1.93 bits per heavy atom. The van der Waals surface area contributed by atoms with Gasteiger partial charge < -0.3 is 11.1 Å². The monoisotopic (exact) mass is 206 g/mol. The van der Waals surface area contributed by atoms with Crippen LogP contribution in [-0.2, 0) is 0 Å². The number of rotatable bonds is 4. The van der Waals surface area contributed by atoms with Crippen LogP contribution in [0.2, 0.25) is 0 Å². The molecule has 0 fully saturated rings. The van der Waals surface area contributed by atoms with Gasteiger partial charge in [0.25, 0.3) is 0 Å². The van der Waals surface area contributed by atoms with Crippen LogP contribution in [-0.4, -0.2) is 12.6 Å². The predicted octanol–water partition coefficient (Wildman–Crippen LogP) is 2.70. The van der Waals surface area contributed by atoms with Gasteiger partial charge >= 0.3 is 0 Å². The summed E-state index contributed by atoms with van der Waals surface area (Å²) in [4.78, 5) is 0. The van der Waals surface area contributed by atoms with Gasteiger partial charge in [0.2, 0.25) is 0 Å². The van der Waals surface area contributed by atoms with Crippen molar-refractivity contribution in [1.82, 2.24) is 0 Å². The molecule has 0 spiro atoms. The van der Waals surface area contributed by atoms with Crippen molar-refractivity contribution in [1.29, 1.82) is 0 Å². The van der Waals surface area contributed by atoms with E-state index >= 15 is 0 Å². The molecule has 0 bridgehead atoms. The fraction of sp³-hybridized carbons (Fsp3) is 0.538. The van der Waals surface area contributed by atoms with Gasteiger partial charge in [0.05, 0.1) is 0 Å². The van der Waals surface area contributed by atoms with Crippen molar-refractivity contribution in [3.63, 3.8) is 0 Å². The number of hydrogen-bond acceptors (Lipinski definition) is 2. The van der Waals surface area contributed by atoms with Gasteiger partial charge in [-0.2, -0.15) is 0 Å². The molecule has 0 radical (unpaired) electrons. The third-order valence-corrected chi connectivity index (χ3v) is 3.00. The van der Waals surface area contributed by atoms with Crippen LogP contribution in [0.3, 0.4) is 0 Å². The number of aryl methyl sites for hydroxylation is 1. The Balaban J connectivity index is 2.84. The number of anilines is 1. The van der Waals surface area contributed by atoms with E-state index in [0.717, 1.165) is 0 Å². The molecule has 0 aliphatic carbocycles. The van der Waals surface area contributed by atoms with E-state index < -0.39 is 0 Å². The molecule has 0 amide bonds. The molecule has 84 valence electrons. The molecule has 15 heavy (non-hydrogen) atoms. The summed E-state index contributed by atoms with van der Waals surface area (Å²) >= 11 is 0. The van der Waals surface area contributed by atoms with E-state index in [1.807, 2.05) is 0 Å². The number of benzene rings is 1. The molecule has 0 saturated heterocycles. The largest absolute Gasteiger partial charge is 0.381 e. The van der Waals surface area contributed by atoms with Gasteiger partial charge in [0.1, 0.15) is 0 Å². The summed E-state index contributed by atoms with van der Waals surface area (Å²) in [5.74, 6) is 0.551. The fourth-order valence-electron chi connectivity index (χ4n) is 1.60. The third kappa shape index (κ3) is 2.96. The van der Waals surface area contributed by atoms with Crippen molar-refractivity contribution in [3.8, 4) is 0 Å². The summed E-state index contributed by atoms with van der Waals surface area (Å²) < 4.78 is 0. The highest BCUT2D eigenvalue weighted by atomic mass is 14.9. The average molecular weight is 206 g/mol. The molecule has 0 saturated carbocycles. The first-order chi connectivity index (χ1) is 7.06. The second-order valence-corrected chi connectivity index (χ2v) is 4.48. The zero-order chi connectivity index (χ0) is 11.4. The molecular weight excluding hydrogens is 184 g/mol. The fourth-order valence-corrected chi connectivity index (χ4v) is 1.60. The van der Waals surface area contributed by atoms with Crippen molar-refractivity contribution in [3.05, 3.63) is 29.3 Å². The normalized spacial score (nSPS) is 12.9. The van der Waals surface area contributed by atoms with E-state index in [1.165, 1.54) is 16.8 Å². The van der Waals surface area contributed by atoms with Gasteiger partial charge in [-0.15, -0.1) is 0 Å². The maximum atomic E-state index is 5.75. The van der Waals surface area contributed by atoms with Crippen LogP contribution in [0.25, 0.3) is 0 Å². The minimum Gasteiger partial charge on any atom is -0.381 e. The van der Waals surface area contributed by atoms with Crippen molar-refractivity contribution >= 4 is 5.69 Å². The van der Waals surface area contributed by atoms with Crippen molar-refractivity contribution in [2.45, 2.75) is 33.7 Å². The van der Waals surface area contributed by atoms with Gasteiger partial charge in [-0.1, -0.05) is 26.0 Å².